The van der Waals surface area contributed by atoms with Crippen LogP contribution in [0.25, 0.3) is 0 Å². The summed E-state index contributed by atoms with van der Waals surface area (Å²) in [7, 11) is -1.11. The van der Waals surface area contributed by atoms with Gasteiger partial charge in [0.1, 0.15) is 0 Å². The van der Waals surface area contributed by atoms with Crippen LogP contribution in [0.5, 0.6) is 0 Å². The third-order valence-electron chi connectivity index (χ3n) is 0.891. The van der Waals surface area contributed by atoms with Crippen LogP contribution >= 0.6 is 25.3 Å². The van der Waals surface area contributed by atoms with E-state index in [2.05, 4.69) is 44.9 Å². The van der Waals surface area contributed by atoms with Crippen molar-refractivity contribution in [3.8, 4) is 0 Å². The minimum Gasteiger partial charge on any atom is -0.152 e. The Labute approximate surface area is 63.2 Å². The number of hydrogen-bond donors (Lipinski definition) is 2. The maximum atomic E-state index is 4.26. The summed E-state index contributed by atoms with van der Waals surface area (Å²) >= 11 is 8.26. The van der Waals surface area contributed by atoms with Crippen LogP contribution in [0.15, 0.2) is 9.94 Å². The van der Waals surface area contributed by atoms with Crippen molar-refractivity contribution >= 4 is 33.3 Å². The van der Waals surface area contributed by atoms with Crippen LogP contribution in [0.3, 0.4) is 0 Å². The lowest BCUT2D eigenvalue weighted by Crippen LogP contribution is -2.20. The zero-order chi connectivity index (χ0) is 6.78. The van der Waals surface area contributed by atoms with Crippen molar-refractivity contribution in [1.29, 1.82) is 0 Å². The van der Waals surface area contributed by atoms with Crippen LogP contribution in [-0.2, 0) is 0 Å². The molecule has 0 radical (unpaired) electrons. The van der Waals surface area contributed by atoms with E-state index >= 15 is 0 Å². The summed E-state index contributed by atoms with van der Waals surface area (Å²) in [6, 6.07) is 0. The Morgan fingerprint density at radius 2 is 1.75 bits per heavy atom. The molecule has 0 aliphatic heterocycles. The van der Waals surface area contributed by atoms with Crippen molar-refractivity contribution in [2.45, 2.75) is 19.6 Å². The van der Waals surface area contributed by atoms with Crippen LogP contribution < -0.4 is 0 Å². The molecule has 0 unspecified atom stereocenters. The van der Waals surface area contributed by atoms with E-state index in [-0.39, 0.29) is 0 Å². The van der Waals surface area contributed by atoms with Gasteiger partial charge in [0.2, 0.25) is 0 Å². The molecule has 0 nitrogen and oxygen atoms in total. The van der Waals surface area contributed by atoms with Gasteiger partial charge in [0, 0.05) is 0 Å². The fourth-order valence-electron chi connectivity index (χ4n) is 0.194. The van der Waals surface area contributed by atoms with Gasteiger partial charge in [-0.25, -0.2) is 0 Å². The SMILES string of the molecule is C[Si](C)(C)/C(S)=C/S. The van der Waals surface area contributed by atoms with Gasteiger partial charge in [-0.15, -0.1) is 0 Å². The predicted octanol–water partition coefficient (Wildman–Crippen LogP) is 2.56. The molecule has 0 saturated heterocycles. The molecular formula is C5H12S2Si. The lowest BCUT2D eigenvalue weighted by molar-refractivity contribution is 1.76. The standard InChI is InChI=1S/C5H12S2Si/c1-8(2,3)5(7)4-6/h4,6-7H,1-3H3/b5-4+. The Morgan fingerprint density at radius 3 is 1.75 bits per heavy atom. The lowest BCUT2D eigenvalue weighted by atomic mass is 11.2. The molecule has 48 valence electrons. The average molecular weight is 164 g/mol. The summed E-state index contributed by atoms with van der Waals surface area (Å²) in [5.41, 5.74) is 0. The molecule has 8 heavy (non-hydrogen) atoms. The Hall–Kier alpha value is 0.657. The van der Waals surface area contributed by atoms with Gasteiger partial charge in [-0.2, -0.15) is 25.3 Å². The largest absolute Gasteiger partial charge is 0.152 e. The van der Waals surface area contributed by atoms with E-state index < -0.39 is 8.07 Å². The summed E-state index contributed by atoms with van der Waals surface area (Å²) in [5, 5.41) is 1.79. The van der Waals surface area contributed by atoms with Crippen molar-refractivity contribution in [3.63, 3.8) is 0 Å². The van der Waals surface area contributed by atoms with Gasteiger partial charge in [0.05, 0.1) is 8.07 Å². The molecule has 0 rings (SSSR count). The molecule has 0 atom stereocenters. The quantitative estimate of drug-likeness (QED) is 0.432. The van der Waals surface area contributed by atoms with E-state index in [0.717, 1.165) is 4.53 Å². The summed E-state index contributed by atoms with van der Waals surface area (Å²) < 4.78 is 1.15. The first-order valence-electron chi connectivity index (χ1n) is 2.52. The average Bonchev–Trinajstić information content (AvgIpc) is 1.62. The second kappa shape index (κ2) is 2.99. The molecule has 0 aromatic carbocycles. The number of rotatable bonds is 1. The summed E-state index contributed by atoms with van der Waals surface area (Å²) in [6.45, 7) is 6.71. The summed E-state index contributed by atoms with van der Waals surface area (Å²) in [4.78, 5) is 0. The smallest absolute Gasteiger partial charge is 0.0860 e. The van der Waals surface area contributed by atoms with Crippen LogP contribution in [-0.4, -0.2) is 8.07 Å². The molecule has 0 fully saturated rings. The first-order valence-corrected chi connectivity index (χ1v) is 6.98. The van der Waals surface area contributed by atoms with Crippen molar-refractivity contribution in [2.24, 2.45) is 0 Å². The number of thiol groups is 2. The van der Waals surface area contributed by atoms with Crippen molar-refractivity contribution < 1.29 is 0 Å². The minimum atomic E-state index is -1.11. The molecule has 0 amide bonds. The molecule has 0 bridgehead atoms. The van der Waals surface area contributed by atoms with Gasteiger partial charge >= 0.3 is 0 Å². The van der Waals surface area contributed by atoms with Crippen molar-refractivity contribution in [2.75, 3.05) is 0 Å². The molecule has 0 aromatic rings. The number of hydrogen-bond acceptors (Lipinski definition) is 2. The highest BCUT2D eigenvalue weighted by atomic mass is 32.1. The lowest BCUT2D eigenvalue weighted by Gasteiger charge is -2.13. The molecule has 3 heteroatoms. The summed E-state index contributed by atoms with van der Waals surface area (Å²) in [6.07, 6.45) is 0. The Balaban J connectivity index is 4.03. The van der Waals surface area contributed by atoms with E-state index in [9.17, 15) is 0 Å². The Kier molecular flexibility index (Phi) is 3.23. The van der Waals surface area contributed by atoms with Gasteiger partial charge in [-0.3, -0.25) is 0 Å². The van der Waals surface area contributed by atoms with E-state index in [4.69, 9.17) is 0 Å². The molecule has 0 heterocycles. The minimum absolute atomic E-state index is 1.11. The molecule has 0 aliphatic carbocycles. The highest BCUT2D eigenvalue weighted by molar-refractivity contribution is 7.90. The Bertz CT molecular complexity index is 101. The fourth-order valence-corrected chi connectivity index (χ4v) is 1.74. The van der Waals surface area contributed by atoms with Gasteiger partial charge in [0.25, 0.3) is 0 Å². The summed E-state index contributed by atoms with van der Waals surface area (Å²) in [5.74, 6) is 0. The first kappa shape index (κ1) is 8.66. The third kappa shape index (κ3) is 2.84. The predicted molar refractivity (Wildman–Crippen MR) is 49.4 cm³/mol. The molecule has 0 aromatic heterocycles. The normalized spacial score (nSPS) is 14.4. The van der Waals surface area contributed by atoms with Gasteiger partial charge in [0.15, 0.2) is 0 Å². The molecule has 0 spiro atoms. The highest BCUT2D eigenvalue weighted by Gasteiger charge is 2.14. The molecular weight excluding hydrogens is 152 g/mol. The van der Waals surface area contributed by atoms with Crippen LogP contribution in [0.4, 0.5) is 0 Å². The van der Waals surface area contributed by atoms with Gasteiger partial charge in [-0.05, 0) is 9.94 Å². The molecule has 0 saturated carbocycles. The molecule has 0 N–H and O–H groups in total. The van der Waals surface area contributed by atoms with E-state index in [0.29, 0.717) is 0 Å². The Morgan fingerprint density at radius 1 is 1.38 bits per heavy atom. The zero-order valence-corrected chi connectivity index (χ0v) is 8.26. The molecule has 0 aliphatic rings. The van der Waals surface area contributed by atoms with Gasteiger partial charge < -0.3 is 0 Å². The fraction of sp³-hybridized carbons (Fsp3) is 0.600. The van der Waals surface area contributed by atoms with Crippen molar-refractivity contribution in [3.05, 3.63) is 9.94 Å². The van der Waals surface area contributed by atoms with E-state index in [1.807, 2.05) is 0 Å². The maximum absolute atomic E-state index is 4.26. The second-order valence-electron chi connectivity index (χ2n) is 2.76. The zero-order valence-electron chi connectivity index (χ0n) is 5.47. The first-order chi connectivity index (χ1) is 3.48. The van der Waals surface area contributed by atoms with E-state index in [1.165, 1.54) is 0 Å². The third-order valence-corrected chi connectivity index (χ3v) is 5.42. The van der Waals surface area contributed by atoms with Crippen LogP contribution in [0, 0.1) is 0 Å². The van der Waals surface area contributed by atoms with Gasteiger partial charge in [-0.1, -0.05) is 19.6 Å². The van der Waals surface area contributed by atoms with E-state index in [1.54, 1.807) is 5.41 Å². The van der Waals surface area contributed by atoms with Crippen LogP contribution in [0.1, 0.15) is 0 Å². The topological polar surface area (TPSA) is 0 Å². The highest BCUT2D eigenvalue weighted by Crippen LogP contribution is 2.17. The monoisotopic (exact) mass is 164 g/mol. The van der Waals surface area contributed by atoms with Crippen molar-refractivity contribution in [1.82, 2.24) is 0 Å². The maximum Gasteiger partial charge on any atom is 0.0860 e. The van der Waals surface area contributed by atoms with Crippen LogP contribution in [0.2, 0.25) is 19.6 Å². The second-order valence-corrected chi connectivity index (χ2v) is 8.96.